The molecule has 3 rings (SSSR count). The first-order chi connectivity index (χ1) is 9.60. The molecule has 1 aliphatic rings. The largest absolute Gasteiger partial charge is 0.344 e. The van der Waals surface area contributed by atoms with Gasteiger partial charge >= 0.3 is 0 Å². The number of aromatic nitrogens is 2. The fraction of sp³-hybridized carbons (Fsp3) is 0.400. The second kappa shape index (κ2) is 6.07. The summed E-state index contributed by atoms with van der Waals surface area (Å²) in [5, 5.41) is 0. The minimum atomic E-state index is -0.504. The lowest BCUT2D eigenvalue weighted by Gasteiger charge is -2.27. The van der Waals surface area contributed by atoms with Gasteiger partial charge in [-0.05, 0) is 55.1 Å². The van der Waals surface area contributed by atoms with Gasteiger partial charge in [0.05, 0.1) is 0 Å². The molecule has 0 fully saturated rings. The summed E-state index contributed by atoms with van der Waals surface area (Å²) in [6.07, 6.45) is 4.89. The molecule has 1 heterocycles. The summed E-state index contributed by atoms with van der Waals surface area (Å²) >= 11 is 5.33. The fourth-order valence-corrected chi connectivity index (χ4v) is 3.42. The second-order valence-corrected chi connectivity index (χ2v) is 5.62. The Morgan fingerprint density at radius 2 is 2.14 bits per heavy atom. The van der Waals surface area contributed by atoms with Gasteiger partial charge in [-0.25, -0.2) is 8.78 Å². The Labute approximate surface area is 127 Å². The highest BCUT2D eigenvalue weighted by molar-refractivity contribution is 7.71. The van der Waals surface area contributed by atoms with Crippen LogP contribution in [-0.2, 0) is 19.3 Å². The van der Waals surface area contributed by atoms with Crippen molar-refractivity contribution in [2.45, 2.75) is 38.6 Å². The lowest BCUT2D eigenvalue weighted by Crippen LogP contribution is -2.21. The van der Waals surface area contributed by atoms with Crippen molar-refractivity contribution in [1.82, 2.24) is 15.7 Å². The number of hydrogen-bond donors (Lipinski definition) is 2. The molecule has 3 nitrogen and oxygen atoms in total. The molecule has 0 bridgehead atoms. The third-order valence-corrected chi connectivity index (χ3v) is 4.37. The molecule has 0 aliphatic heterocycles. The zero-order valence-corrected chi connectivity index (χ0v) is 12.8. The summed E-state index contributed by atoms with van der Waals surface area (Å²) in [7, 11) is 0. The molecule has 0 amide bonds. The van der Waals surface area contributed by atoms with Crippen molar-refractivity contribution < 1.29 is 8.78 Å². The molecule has 1 atom stereocenters. The molecule has 0 spiro atoms. The highest BCUT2D eigenvalue weighted by Crippen LogP contribution is 2.32. The van der Waals surface area contributed by atoms with E-state index >= 15 is 0 Å². The number of imidazole rings is 1. The van der Waals surface area contributed by atoms with E-state index in [0.29, 0.717) is 23.2 Å². The first-order valence-electron chi connectivity index (χ1n) is 6.85. The second-order valence-electron chi connectivity index (χ2n) is 5.23. The minimum absolute atomic E-state index is 0. The van der Waals surface area contributed by atoms with Crippen molar-refractivity contribution in [2.24, 2.45) is 0 Å². The molecule has 4 N–H and O–H groups in total. The van der Waals surface area contributed by atoms with E-state index in [1.165, 1.54) is 6.07 Å². The van der Waals surface area contributed by atoms with Gasteiger partial charge in [0.25, 0.3) is 0 Å². The number of rotatable bonds is 2. The number of aryl methyl sites for hydroxylation is 1. The van der Waals surface area contributed by atoms with Gasteiger partial charge in [0.15, 0.2) is 4.77 Å². The molecule has 1 aromatic carbocycles. The van der Waals surface area contributed by atoms with Gasteiger partial charge in [-0.1, -0.05) is 6.92 Å². The van der Waals surface area contributed by atoms with E-state index in [1.54, 1.807) is 0 Å². The van der Waals surface area contributed by atoms with Crippen LogP contribution in [0.2, 0.25) is 0 Å². The number of nitrogens with zero attached hydrogens (tertiary/aromatic N) is 1. The van der Waals surface area contributed by atoms with Crippen LogP contribution in [0.3, 0.4) is 0 Å². The maximum absolute atomic E-state index is 13.8. The summed E-state index contributed by atoms with van der Waals surface area (Å²) in [5.74, 6) is -0.929. The summed E-state index contributed by atoms with van der Waals surface area (Å²) < 4.78 is 29.9. The Morgan fingerprint density at radius 3 is 2.86 bits per heavy atom. The van der Waals surface area contributed by atoms with E-state index < -0.39 is 11.6 Å². The monoisotopic (exact) mass is 311 g/mol. The summed E-state index contributed by atoms with van der Waals surface area (Å²) in [5.41, 5.74) is 2.56. The zero-order valence-electron chi connectivity index (χ0n) is 12.0. The van der Waals surface area contributed by atoms with E-state index in [0.717, 1.165) is 30.2 Å². The van der Waals surface area contributed by atoms with Crippen LogP contribution < -0.4 is 6.15 Å². The van der Waals surface area contributed by atoms with Crippen molar-refractivity contribution in [3.05, 3.63) is 51.6 Å². The minimum Gasteiger partial charge on any atom is -0.344 e. The topological polar surface area (TPSA) is 55.7 Å². The summed E-state index contributed by atoms with van der Waals surface area (Å²) in [6, 6.07) is 2.60. The van der Waals surface area contributed by atoms with Gasteiger partial charge in [-0.15, -0.1) is 0 Å². The van der Waals surface area contributed by atoms with Gasteiger partial charge in [0.1, 0.15) is 11.6 Å². The quantitative estimate of drug-likeness (QED) is 0.813. The molecule has 0 saturated carbocycles. The highest BCUT2D eigenvalue weighted by atomic mass is 32.1. The van der Waals surface area contributed by atoms with Crippen molar-refractivity contribution in [3.8, 4) is 0 Å². The maximum atomic E-state index is 13.8. The lowest BCUT2D eigenvalue weighted by molar-refractivity contribution is 0.417. The average molecular weight is 311 g/mol. The van der Waals surface area contributed by atoms with Crippen molar-refractivity contribution >= 4 is 12.2 Å². The number of aromatic amines is 1. The van der Waals surface area contributed by atoms with Crippen LogP contribution in [0, 0.1) is 16.4 Å². The molecule has 6 heteroatoms. The van der Waals surface area contributed by atoms with Gasteiger partial charge in [-0.2, -0.15) is 0 Å². The summed E-state index contributed by atoms with van der Waals surface area (Å²) in [4.78, 5) is 3.06. The first-order valence-corrected chi connectivity index (χ1v) is 7.26. The Morgan fingerprint density at radius 1 is 1.38 bits per heavy atom. The molecule has 114 valence electrons. The summed E-state index contributed by atoms with van der Waals surface area (Å²) in [6.45, 7) is 2.07. The van der Waals surface area contributed by atoms with Crippen LogP contribution in [0.4, 0.5) is 8.78 Å². The molecule has 1 aliphatic carbocycles. The number of hydrogen-bond acceptors (Lipinski definition) is 2. The van der Waals surface area contributed by atoms with Crippen molar-refractivity contribution in [2.75, 3.05) is 0 Å². The molecule has 21 heavy (non-hydrogen) atoms. The molecule has 0 radical (unpaired) electrons. The molecular weight excluding hydrogens is 292 g/mol. The van der Waals surface area contributed by atoms with Crippen LogP contribution in [0.25, 0.3) is 0 Å². The number of fused-ring (bicyclic) bond motifs is 1. The Balaban J connectivity index is 0.00000161. The normalized spacial score (nSPS) is 17.2. The Kier molecular flexibility index (Phi) is 4.58. The Hall–Kier alpha value is -1.53. The van der Waals surface area contributed by atoms with E-state index in [2.05, 4.69) is 16.5 Å². The third-order valence-electron chi connectivity index (χ3n) is 4.05. The maximum Gasteiger partial charge on any atom is 0.177 e. The Bertz CT molecular complexity index is 705. The van der Waals surface area contributed by atoms with Crippen molar-refractivity contribution in [3.63, 3.8) is 0 Å². The molecule has 0 unspecified atom stereocenters. The highest BCUT2D eigenvalue weighted by Gasteiger charge is 2.24. The SMILES string of the molecule is CCc1c[nH]c(=S)n1[C@H]1CCc2c(F)cc(F)cc2C1.N. The van der Waals surface area contributed by atoms with Gasteiger partial charge in [-0.3, -0.25) is 0 Å². The van der Waals surface area contributed by atoms with Crippen LogP contribution in [0.15, 0.2) is 18.3 Å². The van der Waals surface area contributed by atoms with E-state index in [9.17, 15) is 8.78 Å². The van der Waals surface area contributed by atoms with Gasteiger partial charge in [0, 0.05) is 24.0 Å². The van der Waals surface area contributed by atoms with Crippen molar-refractivity contribution in [1.29, 1.82) is 0 Å². The average Bonchev–Trinajstić information content (AvgIpc) is 2.78. The predicted molar refractivity (Wildman–Crippen MR) is 81.4 cm³/mol. The fourth-order valence-electron chi connectivity index (χ4n) is 3.09. The molecule has 1 aromatic heterocycles. The van der Waals surface area contributed by atoms with Gasteiger partial charge in [0.2, 0.25) is 0 Å². The smallest absolute Gasteiger partial charge is 0.177 e. The van der Waals surface area contributed by atoms with Crippen LogP contribution in [0.1, 0.15) is 36.2 Å². The molecule has 2 aromatic rings. The first kappa shape index (κ1) is 15.9. The number of benzene rings is 1. The standard InChI is InChI=1S/C15H16F2N2S.H3N/c1-2-11-8-18-15(20)19(11)12-3-4-13-9(6-12)5-10(16)7-14(13)17;/h5,7-8,12H,2-4,6H2,1H3,(H,18,20);1H3/t12-;/m0./s1. The van der Waals surface area contributed by atoms with Crippen LogP contribution in [-0.4, -0.2) is 9.55 Å². The predicted octanol–water partition coefficient (Wildman–Crippen LogP) is 4.28. The van der Waals surface area contributed by atoms with Crippen LogP contribution >= 0.6 is 12.2 Å². The number of nitrogens with one attached hydrogen (secondary N) is 1. The number of H-pyrrole nitrogens is 1. The van der Waals surface area contributed by atoms with E-state index in [4.69, 9.17) is 12.2 Å². The molecular formula is C15H19F2N3S. The number of halogens is 2. The van der Waals surface area contributed by atoms with Crippen LogP contribution in [0.5, 0.6) is 0 Å². The van der Waals surface area contributed by atoms with Gasteiger partial charge < -0.3 is 15.7 Å². The zero-order chi connectivity index (χ0) is 14.3. The lowest BCUT2D eigenvalue weighted by atomic mass is 9.87. The molecule has 0 saturated heterocycles. The third kappa shape index (κ3) is 2.78. The van der Waals surface area contributed by atoms with E-state index in [1.807, 2.05) is 6.20 Å². The van der Waals surface area contributed by atoms with E-state index in [-0.39, 0.29) is 12.2 Å².